The summed E-state index contributed by atoms with van der Waals surface area (Å²) in [4.78, 5) is 15.4. The fraction of sp³-hybridized carbons (Fsp3) is 0.720. The number of nitrogens with one attached hydrogen (secondary N) is 2. The number of hydrogen-bond acceptors (Lipinski definition) is 5. The average Bonchev–Trinajstić information content (AvgIpc) is 2.83. The molecule has 3 N–H and O–H groups in total. The molecule has 3 heterocycles. The second-order valence-electron chi connectivity index (χ2n) is 9.95. The first-order valence-corrected chi connectivity index (χ1v) is 12.4. The number of rotatable bonds is 7. The number of nitrogens with zero attached hydrogens (tertiary/aromatic N) is 2. The molecule has 0 spiro atoms. The highest BCUT2D eigenvalue weighted by molar-refractivity contribution is 5.65. The van der Waals surface area contributed by atoms with Crippen LogP contribution in [0, 0.1) is 0 Å². The summed E-state index contributed by atoms with van der Waals surface area (Å²) >= 11 is 0. The topological polar surface area (TPSA) is 77.1 Å². The maximum absolute atomic E-state index is 11.3. The normalized spacial score (nSPS) is 24.3. The van der Waals surface area contributed by atoms with E-state index in [4.69, 9.17) is 4.74 Å². The molecule has 4 rings (SSSR count). The standard InChI is InChI=1S/C25H40N4O3/c1-25(11-15-28(16-12-25)24(30)31)29-13-7-22(8-14-29)27-23(20-5-3-2-4-6-20)19-26-21-9-17-32-18-10-21/h2-6,21-23,26-27H,7-19H2,1H3,(H,30,31)/t23-/m0/s1. The van der Waals surface area contributed by atoms with Gasteiger partial charge in [-0.2, -0.15) is 0 Å². The van der Waals surface area contributed by atoms with Gasteiger partial charge >= 0.3 is 6.09 Å². The van der Waals surface area contributed by atoms with E-state index in [0.29, 0.717) is 31.2 Å². The van der Waals surface area contributed by atoms with E-state index in [-0.39, 0.29) is 5.54 Å². The van der Waals surface area contributed by atoms with Crippen LogP contribution in [-0.4, -0.2) is 84.6 Å². The van der Waals surface area contributed by atoms with Gasteiger partial charge in [-0.1, -0.05) is 30.3 Å². The van der Waals surface area contributed by atoms with Gasteiger partial charge in [0.15, 0.2) is 0 Å². The van der Waals surface area contributed by atoms with Crippen LogP contribution in [0.4, 0.5) is 4.79 Å². The van der Waals surface area contributed by atoms with Crippen LogP contribution < -0.4 is 10.6 Å². The Morgan fingerprint density at radius 1 is 1.06 bits per heavy atom. The first-order valence-electron chi connectivity index (χ1n) is 12.4. The first kappa shape index (κ1) is 23.5. The predicted octanol–water partition coefficient (Wildman–Crippen LogP) is 3.08. The fourth-order valence-corrected chi connectivity index (χ4v) is 5.51. The molecule has 0 aromatic heterocycles. The number of hydrogen-bond donors (Lipinski definition) is 3. The van der Waals surface area contributed by atoms with Crippen LogP contribution in [0.5, 0.6) is 0 Å². The molecule has 0 radical (unpaired) electrons. The number of carbonyl (C=O) groups is 1. The molecule has 3 aliphatic heterocycles. The van der Waals surface area contributed by atoms with Crippen LogP contribution in [0.2, 0.25) is 0 Å². The Balaban J connectivity index is 1.29. The van der Waals surface area contributed by atoms with E-state index in [9.17, 15) is 9.90 Å². The van der Waals surface area contributed by atoms with Crippen LogP contribution in [0.25, 0.3) is 0 Å². The molecule has 3 aliphatic rings. The molecule has 3 fully saturated rings. The molecule has 1 aromatic rings. The summed E-state index contributed by atoms with van der Waals surface area (Å²) in [6.07, 6.45) is 5.54. The predicted molar refractivity (Wildman–Crippen MR) is 126 cm³/mol. The molecule has 0 saturated carbocycles. The Bertz CT molecular complexity index is 709. The minimum atomic E-state index is -0.781. The Kier molecular flexibility index (Phi) is 8.05. The van der Waals surface area contributed by atoms with Crippen LogP contribution >= 0.6 is 0 Å². The maximum Gasteiger partial charge on any atom is 0.407 e. The van der Waals surface area contributed by atoms with Gasteiger partial charge in [-0.05, 0) is 51.0 Å². The van der Waals surface area contributed by atoms with E-state index in [1.165, 1.54) is 5.56 Å². The van der Waals surface area contributed by atoms with Gasteiger partial charge in [0.05, 0.1) is 0 Å². The zero-order chi connectivity index (χ0) is 22.4. The largest absolute Gasteiger partial charge is 0.465 e. The third-order valence-corrected chi connectivity index (χ3v) is 7.84. The molecule has 7 nitrogen and oxygen atoms in total. The summed E-state index contributed by atoms with van der Waals surface area (Å²) in [6, 6.07) is 12.2. The van der Waals surface area contributed by atoms with Crippen LogP contribution in [0.3, 0.4) is 0 Å². The van der Waals surface area contributed by atoms with E-state index in [2.05, 4.69) is 52.8 Å². The number of piperidine rings is 2. The lowest BCUT2D eigenvalue weighted by Crippen LogP contribution is -2.58. The molecule has 32 heavy (non-hydrogen) atoms. The van der Waals surface area contributed by atoms with E-state index >= 15 is 0 Å². The Morgan fingerprint density at radius 2 is 1.72 bits per heavy atom. The molecule has 0 unspecified atom stereocenters. The highest BCUT2D eigenvalue weighted by atomic mass is 16.5. The van der Waals surface area contributed by atoms with Crippen molar-refractivity contribution in [1.29, 1.82) is 0 Å². The summed E-state index contributed by atoms with van der Waals surface area (Å²) < 4.78 is 5.51. The van der Waals surface area contributed by atoms with Gasteiger partial charge in [0.1, 0.15) is 0 Å². The van der Waals surface area contributed by atoms with E-state index in [0.717, 1.165) is 71.4 Å². The van der Waals surface area contributed by atoms with Crippen LogP contribution in [0.1, 0.15) is 57.1 Å². The summed E-state index contributed by atoms with van der Waals surface area (Å²) in [5.74, 6) is 0. The lowest BCUT2D eigenvalue weighted by atomic mass is 9.85. The highest BCUT2D eigenvalue weighted by Crippen LogP contribution is 2.31. The van der Waals surface area contributed by atoms with E-state index in [1.54, 1.807) is 4.90 Å². The molecule has 1 aromatic carbocycles. The SMILES string of the molecule is CC1(N2CCC(N[C@@H](CNC3CCOCC3)c3ccccc3)CC2)CCN(C(=O)O)CC1. The lowest BCUT2D eigenvalue weighted by molar-refractivity contribution is 0.0169. The molecule has 1 amide bonds. The van der Waals surface area contributed by atoms with E-state index < -0.39 is 6.09 Å². The van der Waals surface area contributed by atoms with Gasteiger partial charge in [0.2, 0.25) is 0 Å². The zero-order valence-electron chi connectivity index (χ0n) is 19.5. The second-order valence-corrected chi connectivity index (χ2v) is 9.95. The number of amides is 1. The highest BCUT2D eigenvalue weighted by Gasteiger charge is 2.38. The van der Waals surface area contributed by atoms with Gasteiger partial charge in [-0.25, -0.2) is 4.79 Å². The average molecular weight is 445 g/mol. The maximum atomic E-state index is 11.3. The van der Waals surface area contributed by atoms with Gasteiger partial charge < -0.3 is 25.4 Å². The molecule has 7 heteroatoms. The summed E-state index contributed by atoms with van der Waals surface area (Å²) in [7, 11) is 0. The van der Waals surface area contributed by atoms with Crippen molar-refractivity contribution in [2.75, 3.05) is 45.9 Å². The van der Waals surface area contributed by atoms with Crippen molar-refractivity contribution >= 4 is 6.09 Å². The van der Waals surface area contributed by atoms with Crippen molar-refractivity contribution in [2.45, 2.75) is 69.1 Å². The van der Waals surface area contributed by atoms with Crippen molar-refractivity contribution in [3.63, 3.8) is 0 Å². The molecule has 178 valence electrons. The third kappa shape index (κ3) is 6.01. The van der Waals surface area contributed by atoms with Gasteiger partial charge in [0, 0.05) is 69.6 Å². The molecule has 0 aliphatic carbocycles. The fourth-order valence-electron chi connectivity index (χ4n) is 5.51. The summed E-state index contributed by atoms with van der Waals surface area (Å²) in [6.45, 7) is 8.45. The minimum absolute atomic E-state index is 0.125. The molecule has 1 atom stereocenters. The van der Waals surface area contributed by atoms with Gasteiger partial charge in [0.25, 0.3) is 0 Å². The quantitative estimate of drug-likeness (QED) is 0.600. The van der Waals surface area contributed by atoms with Gasteiger partial charge in [-0.3, -0.25) is 4.90 Å². The molecule has 0 bridgehead atoms. The minimum Gasteiger partial charge on any atom is -0.465 e. The number of carboxylic acid groups (broad SMARTS) is 1. The Labute approximate surface area is 192 Å². The summed E-state index contributed by atoms with van der Waals surface area (Å²) in [5, 5.41) is 17.0. The molecular formula is C25H40N4O3. The first-order chi connectivity index (χ1) is 15.5. The molecular weight excluding hydrogens is 404 g/mol. The van der Waals surface area contributed by atoms with E-state index in [1.807, 2.05) is 0 Å². The number of ether oxygens (including phenoxy) is 1. The number of benzene rings is 1. The van der Waals surface area contributed by atoms with Crippen LogP contribution in [0.15, 0.2) is 30.3 Å². The second kappa shape index (κ2) is 11.0. The Hall–Kier alpha value is -1.67. The third-order valence-electron chi connectivity index (χ3n) is 7.84. The smallest absolute Gasteiger partial charge is 0.407 e. The zero-order valence-corrected chi connectivity index (χ0v) is 19.5. The van der Waals surface area contributed by atoms with Crippen molar-refractivity contribution in [2.24, 2.45) is 0 Å². The molecule has 3 saturated heterocycles. The lowest BCUT2D eigenvalue weighted by Gasteiger charge is -2.49. The van der Waals surface area contributed by atoms with Crippen molar-refractivity contribution in [3.8, 4) is 0 Å². The summed E-state index contributed by atoms with van der Waals surface area (Å²) in [5.41, 5.74) is 1.47. The monoisotopic (exact) mass is 444 g/mol. The van der Waals surface area contributed by atoms with Crippen LogP contribution in [-0.2, 0) is 4.74 Å². The Morgan fingerprint density at radius 3 is 2.34 bits per heavy atom. The number of likely N-dealkylation sites (tertiary alicyclic amines) is 2. The van der Waals surface area contributed by atoms with Crippen molar-refractivity contribution in [3.05, 3.63) is 35.9 Å². The van der Waals surface area contributed by atoms with Crippen molar-refractivity contribution in [1.82, 2.24) is 20.4 Å². The van der Waals surface area contributed by atoms with Gasteiger partial charge in [-0.15, -0.1) is 0 Å². The van der Waals surface area contributed by atoms with Crippen molar-refractivity contribution < 1.29 is 14.6 Å².